The summed E-state index contributed by atoms with van der Waals surface area (Å²) in [6.45, 7) is 0. The number of alkyl halides is 3. The van der Waals surface area contributed by atoms with Crippen molar-refractivity contribution in [2.24, 2.45) is 0 Å². The van der Waals surface area contributed by atoms with E-state index in [1.165, 1.54) is 12.1 Å². The van der Waals surface area contributed by atoms with Gasteiger partial charge < -0.3 is 0 Å². The molecule has 0 aliphatic rings. The fraction of sp³-hybridized carbons (Fsp3) is 0.300. The lowest BCUT2D eigenvalue weighted by molar-refractivity contribution is -0.116. The molecule has 0 heterocycles. The number of thiol groups is 1. The summed E-state index contributed by atoms with van der Waals surface area (Å²) in [4.78, 5) is 11.5. The van der Waals surface area contributed by atoms with Crippen molar-refractivity contribution in [1.82, 2.24) is 0 Å². The number of ketones is 1. The first-order chi connectivity index (χ1) is 7.06. The molecule has 1 aromatic carbocycles. The van der Waals surface area contributed by atoms with Crippen LogP contribution >= 0.6 is 24.2 Å². The Bertz CT molecular complexity index is 368. The van der Waals surface area contributed by atoms with E-state index in [-0.39, 0.29) is 29.2 Å². The average molecular weight is 251 g/mol. The van der Waals surface area contributed by atoms with Gasteiger partial charge in [-0.25, -0.2) is 8.78 Å². The van der Waals surface area contributed by atoms with Crippen LogP contribution in [0.4, 0.5) is 8.78 Å². The molecule has 0 N–H and O–H groups in total. The quantitative estimate of drug-likeness (QED) is 0.641. The number of rotatable bonds is 4. The monoisotopic (exact) mass is 250 g/mol. The first-order valence-electron chi connectivity index (χ1n) is 4.22. The van der Waals surface area contributed by atoms with Crippen molar-refractivity contribution < 1.29 is 13.6 Å². The van der Waals surface area contributed by atoms with Crippen LogP contribution in [-0.4, -0.2) is 11.7 Å². The van der Waals surface area contributed by atoms with Gasteiger partial charge in [-0.1, -0.05) is 12.1 Å². The van der Waals surface area contributed by atoms with E-state index < -0.39 is 6.43 Å². The normalized spacial score (nSPS) is 10.7. The summed E-state index contributed by atoms with van der Waals surface area (Å²) in [6, 6.07) is 4.35. The van der Waals surface area contributed by atoms with E-state index in [1.807, 2.05) is 0 Å². The number of halogens is 3. The van der Waals surface area contributed by atoms with Gasteiger partial charge >= 0.3 is 0 Å². The minimum absolute atomic E-state index is 0.0944. The van der Waals surface area contributed by atoms with Gasteiger partial charge in [0, 0.05) is 16.9 Å². The molecule has 0 unspecified atom stereocenters. The van der Waals surface area contributed by atoms with Crippen LogP contribution in [0.2, 0.25) is 0 Å². The Kier molecular flexibility index (Phi) is 4.54. The molecule has 0 aromatic heterocycles. The van der Waals surface area contributed by atoms with Crippen LogP contribution in [0.1, 0.15) is 17.6 Å². The molecule has 1 aromatic rings. The molecule has 1 rings (SSSR count). The van der Waals surface area contributed by atoms with Crippen molar-refractivity contribution in [1.29, 1.82) is 0 Å². The van der Waals surface area contributed by atoms with E-state index in [4.69, 9.17) is 11.6 Å². The number of hydrogen-bond acceptors (Lipinski definition) is 2. The van der Waals surface area contributed by atoms with Crippen molar-refractivity contribution in [2.45, 2.75) is 17.7 Å². The molecular weight excluding hydrogens is 242 g/mol. The Labute approximate surface area is 96.8 Å². The lowest BCUT2D eigenvalue weighted by Crippen LogP contribution is -2.07. The fourth-order valence-electron chi connectivity index (χ4n) is 1.23. The Morgan fingerprint density at radius 3 is 2.67 bits per heavy atom. The van der Waals surface area contributed by atoms with Crippen LogP contribution in [0, 0.1) is 0 Å². The van der Waals surface area contributed by atoms with Crippen molar-refractivity contribution in [3.63, 3.8) is 0 Å². The van der Waals surface area contributed by atoms with E-state index >= 15 is 0 Å². The molecule has 15 heavy (non-hydrogen) atoms. The first-order valence-corrected chi connectivity index (χ1v) is 5.21. The zero-order valence-corrected chi connectivity index (χ0v) is 9.36. The Morgan fingerprint density at radius 1 is 1.47 bits per heavy atom. The lowest BCUT2D eigenvalue weighted by Gasteiger charge is -2.09. The molecule has 0 bridgehead atoms. The maximum Gasteiger partial charge on any atom is 0.264 e. The molecule has 0 aliphatic heterocycles. The van der Waals surface area contributed by atoms with Gasteiger partial charge in [0.1, 0.15) is 0 Å². The van der Waals surface area contributed by atoms with Crippen molar-refractivity contribution in [2.75, 3.05) is 5.88 Å². The summed E-state index contributed by atoms with van der Waals surface area (Å²) in [5, 5.41) is 0. The highest BCUT2D eigenvalue weighted by Crippen LogP contribution is 2.27. The van der Waals surface area contributed by atoms with E-state index in [0.717, 1.165) is 0 Å². The van der Waals surface area contributed by atoms with Crippen LogP contribution in [0.25, 0.3) is 0 Å². The molecular formula is C10H9ClF2OS. The van der Waals surface area contributed by atoms with Crippen LogP contribution in [-0.2, 0) is 11.2 Å². The summed E-state index contributed by atoms with van der Waals surface area (Å²) in [6.07, 6.45) is -2.70. The zero-order valence-electron chi connectivity index (χ0n) is 7.71. The molecule has 0 aliphatic carbocycles. The highest BCUT2D eigenvalue weighted by Gasteiger charge is 2.16. The van der Waals surface area contributed by atoms with Crippen molar-refractivity contribution in [3.8, 4) is 0 Å². The van der Waals surface area contributed by atoms with Gasteiger partial charge in [-0.2, -0.15) is 0 Å². The smallest absolute Gasteiger partial charge is 0.264 e. The molecule has 0 amide bonds. The lowest BCUT2D eigenvalue weighted by atomic mass is 10.0. The third-order valence-corrected chi connectivity index (χ3v) is 2.66. The summed E-state index contributed by atoms with van der Waals surface area (Å²) in [5.41, 5.74) is 0.113. The number of carbonyl (C=O) groups excluding carboxylic acids is 1. The van der Waals surface area contributed by atoms with E-state index in [0.29, 0.717) is 4.90 Å². The average Bonchev–Trinajstić information content (AvgIpc) is 2.20. The summed E-state index contributed by atoms with van der Waals surface area (Å²) in [5.74, 6) is -0.467. The van der Waals surface area contributed by atoms with Crippen molar-refractivity contribution in [3.05, 3.63) is 29.3 Å². The minimum Gasteiger partial charge on any atom is -0.298 e. The highest BCUT2D eigenvalue weighted by molar-refractivity contribution is 7.80. The number of hydrogen-bond donors (Lipinski definition) is 1. The summed E-state index contributed by atoms with van der Waals surface area (Å²) < 4.78 is 25.2. The minimum atomic E-state index is -2.60. The van der Waals surface area contributed by atoms with E-state index in [9.17, 15) is 13.6 Å². The Balaban J connectivity index is 3.07. The maximum absolute atomic E-state index is 12.6. The summed E-state index contributed by atoms with van der Waals surface area (Å²) >= 11 is 9.37. The number of Topliss-reactive ketones (excluding diaryl/α,β-unsaturated/α-hetero) is 1. The SMILES string of the molecule is O=C(CCl)Cc1c(S)cccc1C(F)F. The fourth-order valence-corrected chi connectivity index (χ4v) is 1.62. The predicted octanol–water partition coefficient (Wildman–Crippen LogP) is 3.26. The summed E-state index contributed by atoms with van der Waals surface area (Å²) in [7, 11) is 0. The highest BCUT2D eigenvalue weighted by atomic mass is 35.5. The molecule has 0 atom stereocenters. The van der Waals surface area contributed by atoms with E-state index in [2.05, 4.69) is 12.6 Å². The molecule has 0 radical (unpaired) electrons. The number of carbonyl (C=O) groups is 1. The van der Waals surface area contributed by atoms with Gasteiger partial charge in [0.15, 0.2) is 5.78 Å². The third kappa shape index (κ3) is 3.18. The van der Waals surface area contributed by atoms with Gasteiger partial charge in [0.05, 0.1) is 5.88 Å². The van der Waals surface area contributed by atoms with Gasteiger partial charge in [-0.3, -0.25) is 4.79 Å². The second-order valence-corrected chi connectivity index (χ2v) is 3.74. The largest absolute Gasteiger partial charge is 0.298 e. The molecule has 5 heteroatoms. The van der Waals surface area contributed by atoms with Crippen LogP contribution in [0.15, 0.2) is 23.1 Å². The predicted molar refractivity (Wildman–Crippen MR) is 58.1 cm³/mol. The molecule has 0 saturated carbocycles. The van der Waals surface area contributed by atoms with Gasteiger partial charge in [-0.15, -0.1) is 24.2 Å². The van der Waals surface area contributed by atoms with Gasteiger partial charge in [0.25, 0.3) is 6.43 Å². The molecule has 0 spiro atoms. The third-order valence-electron chi connectivity index (χ3n) is 1.95. The van der Waals surface area contributed by atoms with Crippen LogP contribution in [0.3, 0.4) is 0 Å². The standard InChI is InChI=1S/C10H9ClF2OS/c11-5-6(14)4-8-7(10(12)13)2-1-3-9(8)15/h1-3,10,15H,4-5H2. The molecule has 0 fully saturated rings. The molecule has 0 saturated heterocycles. The second-order valence-electron chi connectivity index (χ2n) is 2.99. The van der Waals surface area contributed by atoms with Crippen LogP contribution < -0.4 is 0 Å². The van der Waals surface area contributed by atoms with E-state index in [1.54, 1.807) is 6.07 Å². The van der Waals surface area contributed by atoms with Crippen molar-refractivity contribution >= 4 is 30.0 Å². The zero-order chi connectivity index (χ0) is 11.4. The molecule has 1 nitrogen and oxygen atoms in total. The van der Waals surface area contributed by atoms with Gasteiger partial charge in [-0.05, 0) is 11.6 Å². The van der Waals surface area contributed by atoms with Gasteiger partial charge in [0.2, 0.25) is 0 Å². The second kappa shape index (κ2) is 5.47. The number of benzene rings is 1. The Hall–Kier alpha value is -0.610. The topological polar surface area (TPSA) is 17.1 Å². The Morgan fingerprint density at radius 2 is 2.13 bits per heavy atom. The first kappa shape index (κ1) is 12.5. The molecule has 82 valence electrons. The van der Waals surface area contributed by atoms with Crippen LogP contribution in [0.5, 0.6) is 0 Å². The maximum atomic E-state index is 12.6.